The number of hydrogen-bond acceptors (Lipinski definition) is 5. The Kier molecular flexibility index (Phi) is 6.12. The SMILES string of the molecule is COC(=O)c1nc2cc3c(-c4ccnc(C)c4)nn(C(c4ccccc4)(c4ccccc4)c4ccccc4)c3cc2[nH]1. The number of pyridine rings is 1. The molecule has 0 saturated carbocycles. The summed E-state index contributed by atoms with van der Waals surface area (Å²) in [7, 11) is 1.35. The second-order valence-corrected chi connectivity index (χ2v) is 10.2. The molecule has 0 fully saturated rings. The highest BCUT2D eigenvalue weighted by molar-refractivity contribution is 6.02. The van der Waals surface area contributed by atoms with Gasteiger partial charge < -0.3 is 9.72 Å². The monoisotopic (exact) mass is 549 g/mol. The summed E-state index contributed by atoms with van der Waals surface area (Å²) < 4.78 is 7.06. The van der Waals surface area contributed by atoms with Crippen molar-refractivity contribution in [1.82, 2.24) is 24.7 Å². The first-order valence-electron chi connectivity index (χ1n) is 13.7. The lowest BCUT2D eigenvalue weighted by atomic mass is 9.77. The van der Waals surface area contributed by atoms with Crippen LogP contribution in [0, 0.1) is 6.92 Å². The maximum Gasteiger partial charge on any atom is 0.374 e. The minimum atomic E-state index is -0.832. The number of methoxy groups -OCH3 is 1. The number of aromatic amines is 1. The van der Waals surface area contributed by atoms with Crippen LogP contribution in [-0.2, 0) is 10.3 Å². The van der Waals surface area contributed by atoms with Crippen LogP contribution in [0.5, 0.6) is 0 Å². The summed E-state index contributed by atoms with van der Waals surface area (Å²) in [6.07, 6.45) is 1.80. The van der Waals surface area contributed by atoms with Gasteiger partial charge in [0, 0.05) is 22.8 Å². The minimum absolute atomic E-state index is 0.154. The molecule has 0 radical (unpaired) electrons. The number of hydrogen-bond donors (Lipinski definition) is 1. The average molecular weight is 550 g/mol. The molecule has 0 unspecified atom stereocenters. The molecule has 1 N–H and O–H groups in total. The third kappa shape index (κ3) is 3.97. The van der Waals surface area contributed by atoms with Crippen LogP contribution < -0.4 is 0 Å². The lowest BCUT2D eigenvalue weighted by Gasteiger charge is -2.37. The van der Waals surface area contributed by atoms with Gasteiger partial charge in [0.1, 0.15) is 11.2 Å². The van der Waals surface area contributed by atoms with Gasteiger partial charge in [0.15, 0.2) is 0 Å². The number of carbonyl (C=O) groups excluding carboxylic acids is 1. The van der Waals surface area contributed by atoms with Crippen molar-refractivity contribution in [3.05, 3.63) is 150 Å². The molecule has 204 valence electrons. The van der Waals surface area contributed by atoms with Crippen molar-refractivity contribution < 1.29 is 9.53 Å². The van der Waals surface area contributed by atoms with Crippen molar-refractivity contribution in [2.75, 3.05) is 7.11 Å². The Balaban J connectivity index is 1.66. The summed E-state index contributed by atoms with van der Waals surface area (Å²) in [6, 6.07) is 39.4. The van der Waals surface area contributed by atoms with Crippen LogP contribution in [0.1, 0.15) is 33.0 Å². The fraction of sp³-hybridized carbons (Fsp3) is 0.0857. The average Bonchev–Trinajstić information content (AvgIpc) is 3.63. The van der Waals surface area contributed by atoms with E-state index in [1.54, 1.807) is 6.20 Å². The third-order valence-electron chi connectivity index (χ3n) is 7.72. The third-order valence-corrected chi connectivity index (χ3v) is 7.72. The number of H-pyrrole nitrogens is 1. The molecule has 7 heteroatoms. The first-order chi connectivity index (χ1) is 20.6. The Hall–Kier alpha value is -5.56. The Labute approximate surface area is 242 Å². The zero-order valence-electron chi connectivity index (χ0n) is 23.2. The molecule has 0 amide bonds. The van der Waals surface area contributed by atoms with Gasteiger partial charge in [0.05, 0.1) is 23.7 Å². The Bertz CT molecular complexity index is 1950. The van der Waals surface area contributed by atoms with E-state index in [0.29, 0.717) is 11.0 Å². The minimum Gasteiger partial charge on any atom is -0.463 e. The Morgan fingerprint density at radius 3 is 1.95 bits per heavy atom. The highest BCUT2D eigenvalue weighted by atomic mass is 16.5. The topological polar surface area (TPSA) is 85.7 Å². The summed E-state index contributed by atoms with van der Waals surface area (Å²) in [5.41, 5.74) is 7.22. The van der Waals surface area contributed by atoms with Crippen LogP contribution in [-0.4, -0.2) is 37.8 Å². The first-order valence-corrected chi connectivity index (χ1v) is 13.7. The molecule has 0 aliphatic rings. The number of nitrogens with zero attached hydrogens (tertiary/aromatic N) is 4. The van der Waals surface area contributed by atoms with Crippen molar-refractivity contribution in [2.45, 2.75) is 12.5 Å². The van der Waals surface area contributed by atoms with Crippen molar-refractivity contribution in [3.63, 3.8) is 0 Å². The van der Waals surface area contributed by atoms with E-state index in [0.717, 1.165) is 44.5 Å². The second kappa shape index (κ2) is 10.1. The van der Waals surface area contributed by atoms with Crippen LogP contribution >= 0.6 is 0 Å². The largest absolute Gasteiger partial charge is 0.463 e. The maximum absolute atomic E-state index is 12.4. The number of benzene rings is 4. The molecule has 42 heavy (non-hydrogen) atoms. The van der Waals surface area contributed by atoms with Gasteiger partial charge in [-0.1, -0.05) is 91.0 Å². The number of aryl methyl sites for hydroxylation is 1. The highest BCUT2D eigenvalue weighted by Crippen LogP contribution is 2.44. The first kappa shape index (κ1) is 25.4. The van der Waals surface area contributed by atoms with Gasteiger partial charge in [-0.2, -0.15) is 5.10 Å². The molecule has 7 aromatic rings. The van der Waals surface area contributed by atoms with Crippen LogP contribution in [0.3, 0.4) is 0 Å². The number of imidazole rings is 1. The molecule has 3 heterocycles. The molecule has 0 aliphatic heterocycles. The van der Waals surface area contributed by atoms with Crippen LogP contribution in [0.25, 0.3) is 33.2 Å². The fourth-order valence-corrected chi connectivity index (χ4v) is 5.88. The lowest BCUT2D eigenvalue weighted by Crippen LogP contribution is -2.38. The smallest absolute Gasteiger partial charge is 0.374 e. The molecule has 4 aromatic carbocycles. The number of carbonyl (C=O) groups is 1. The zero-order chi connectivity index (χ0) is 28.7. The maximum atomic E-state index is 12.4. The summed E-state index contributed by atoms with van der Waals surface area (Å²) in [4.78, 5) is 24.5. The van der Waals surface area contributed by atoms with Crippen LogP contribution in [0.4, 0.5) is 0 Å². The number of ether oxygens (including phenoxy) is 1. The van der Waals surface area contributed by atoms with Crippen molar-refractivity contribution in [3.8, 4) is 11.3 Å². The molecule has 0 atom stereocenters. The van der Waals surface area contributed by atoms with E-state index >= 15 is 0 Å². The van der Waals surface area contributed by atoms with Gasteiger partial charge >= 0.3 is 5.97 Å². The van der Waals surface area contributed by atoms with E-state index in [4.69, 9.17) is 9.84 Å². The zero-order valence-corrected chi connectivity index (χ0v) is 23.2. The predicted octanol–water partition coefficient (Wildman–Crippen LogP) is 6.91. The molecular formula is C35H27N5O2. The predicted molar refractivity (Wildman–Crippen MR) is 163 cm³/mol. The quantitative estimate of drug-likeness (QED) is 0.180. The van der Waals surface area contributed by atoms with Gasteiger partial charge in [0.25, 0.3) is 0 Å². The molecule has 3 aromatic heterocycles. The van der Waals surface area contributed by atoms with Gasteiger partial charge in [0.2, 0.25) is 5.82 Å². The van der Waals surface area contributed by atoms with E-state index in [2.05, 4.69) is 92.4 Å². The molecule has 0 saturated heterocycles. The lowest BCUT2D eigenvalue weighted by molar-refractivity contribution is 0.0588. The van der Waals surface area contributed by atoms with E-state index in [1.807, 2.05) is 49.4 Å². The van der Waals surface area contributed by atoms with Crippen molar-refractivity contribution >= 4 is 27.9 Å². The molecule has 7 rings (SSSR count). The number of rotatable bonds is 6. The van der Waals surface area contributed by atoms with Gasteiger partial charge in [-0.3, -0.25) is 4.98 Å². The van der Waals surface area contributed by atoms with Gasteiger partial charge in [-0.25, -0.2) is 14.5 Å². The Morgan fingerprint density at radius 2 is 1.40 bits per heavy atom. The number of fused-ring (bicyclic) bond motifs is 2. The van der Waals surface area contributed by atoms with Crippen LogP contribution in [0.15, 0.2) is 121 Å². The number of esters is 1. The van der Waals surface area contributed by atoms with E-state index < -0.39 is 11.5 Å². The summed E-state index contributed by atoms with van der Waals surface area (Å²) in [5, 5.41) is 6.34. The van der Waals surface area contributed by atoms with Crippen molar-refractivity contribution in [2.24, 2.45) is 0 Å². The standard InChI is InChI=1S/C35H27N5O2/c1-23-20-24(18-19-36-23)32-28-21-29-30(38-33(37-29)34(41)42-2)22-31(28)40(39-32)35(25-12-6-3-7-13-25,26-14-8-4-9-15-26)27-16-10-5-11-17-27/h3-22H,1-2H3,(H,37,38). The summed E-state index contributed by atoms with van der Waals surface area (Å²) in [5.74, 6) is -0.365. The Morgan fingerprint density at radius 1 is 0.810 bits per heavy atom. The molecule has 0 spiro atoms. The van der Waals surface area contributed by atoms with E-state index in [9.17, 15) is 4.79 Å². The molecular weight excluding hydrogens is 522 g/mol. The van der Waals surface area contributed by atoms with Crippen molar-refractivity contribution in [1.29, 1.82) is 0 Å². The molecule has 0 aliphatic carbocycles. The highest BCUT2D eigenvalue weighted by Gasteiger charge is 2.41. The fourth-order valence-electron chi connectivity index (χ4n) is 5.88. The van der Waals surface area contributed by atoms with Gasteiger partial charge in [-0.05, 0) is 47.9 Å². The normalized spacial score (nSPS) is 11.7. The van der Waals surface area contributed by atoms with E-state index in [-0.39, 0.29) is 5.82 Å². The molecule has 0 bridgehead atoms. The van der Waals surface area contributed by atoms with Crippen LogP contribution in [0.2, 0.25) is 0 Å². The molecule has 7 nitrogen and oxygen atoms in total. The summed E-state index contributed by atoms with van der Waals surface area (Å²) in [6.45, 7) is 1.97. The van der Waals surface area contributed by atoms with Gasteiger partial charge in [-0.15, -0.1) is 0 Å². The second-order valence-electron chi connectivity index (χ2n) is 10.2. The number of nitrogens with one attached hydrogen (secondary N) is 1. The van der Waals surface area contributed by atoms with E-state index in [1.165, 1.54) is 7.11 Å². The number of aromatic nitrogens is 5. The summed E-state index contributed by atoms with van der Waals surface area (Å²) >= 11 is 0.